The number of halogens is 2. The van der Waals surface area contributed by atoms with Crippen molar-refractivity contribution in [3.63, 3.8) is 0 Å². The van der Waals surface area contributed by atoms with E-state index < -0.39 is 0 Å². The lowest BCUT2D eigenvalue weighted by Crippen LogP contribution is -2.27. The molecular weight excluding hydrogens is 307 g/mol. The number of nitrogens with two attached hydrogens (primary N) is 1. The van der Waals surface area contributed by atoms with Crippen molar-refractivity contribution >= 4 is 34.8 Å². The van der Waals surface area contributed by atoms with Gasteiger partial charge in [-0.05, 0) is 49.2 Å². The van der Waals surface area contributed by atoms with E-state index in [1.165, 1.54) is 0 Å². The van der Waals surface area contributed by atoms with Crippen LogP contribution in [-0.2, 0) is 0 Å². The van der Waals surface area contributed by atoms with Gasteiger partial charge < -0.3 is 11.1 Å². The second kappa shape index (κ2) is 6.37. The first-order valence-electron chi connectivity index (χ1n) is 6.50. The van der Waals surface area contributed by atoms with Crippen LogP contribution >= 0.6 is 23.2 Å². The molecule has 0 spiro atoms. The summed E-state index contributed by atoms with van der Waals surface area (Å²) in [6.45, 7) is 3.74. The van der Waals surface area contributed by atoms with Crippen LogP contribution in [0.15, 0.2) is 36.4 Å². The lowest BCUT2D eigenvalue weighted by atomic mass is 10.0. The molecule has 3 nitrogen and oxygen atoms in total. The van der Waals surface area contributed by atoms with Crippen LogP contribution in [0, 0.1) is 6.92 Å². The third kappa shape index (κ3) is 3.69. The minimum Gasteiger partial charge on any atom is -0.399 e. The number of hydrogen-bond donors (Lipinski definition) is 2. The fourth-order valence-electron chi connectivity index (χ4n) is 2.09. The summed E-state index contributed by atoms with van der Waals surface area (Å²) in [6.07, 6.45) is 0. The number of nitrogen functional groups attached to an aromatic ring is 1. The molecule has 0 fully saturated rings. The quantitative estimate of drug-likeness (QED) is 0.824. The molecule has 0 bridgehead atoms. The van der Waals surface area contributed by atoms with Crippen molar-refractivity contribution in [1.82, 2.24) is 5.32 Å². The number of aryl methyl sites for hydroxylation is 1. The van der Waals surface area contributed by atoms with Crippen molar-refractivity contribution < 1.29 is 4.79 Å². The first-order valence-corrected chi connectivity index (χ1v) is 7.26. The molecular formula is C16H16Cl2N2O. The monoisotopic (exact) mass is 322 g/mol. The van der Waals surface area contributed by atoms with E-state index in [4.69, 9.17) is 28.9 Å². The van der Waals surface area contributed by atoms with Crippen LogP contribution < -0.4 is 11.1 Å². The Hall–Kier alpha value is -1.71. The Bertz CT molecular complexity index is 686. The van der Waals surface area contributed by atoms with Gasteiger partial charge >= 0.3 is 0 Å². The summed E-state index contributed by atoms with van der Waals surface area (Å²) in [5, 5.41) is 4.01. The first-order chi connectivity index (χ1) is 9.88. The number of carbonyl (C=O) groups excluding carboxylic acids is 1. The van der Waals surface area contributed by atoms with Crippen molar-refractivity contribution in [3.8, 4) is 0 Å². The maximum atomic E-state index is 12.3. The molecule has 0 aliphatic rings. The lowest BCUT2D eigenvalue weighted by molar-refractivity contribution is 0.0939. The second-order valence-corrected chi connectivity index (χ2v) is 5.78. The molecule has 0 radical (unpaired) electrons. The van der Waals surface area contributed by atoms with E-state index in [1.807, 2.05) is 26.0 Å². The Morgan fingerprint density at radius 1 is 1.19 bits per heavy atom. The SMILES string of the molecule is Cc1ccc(N)cc1C(=O)NC(C)c1ccc(Cl)cc1Cl. The molecule has 2 aromatic carbocycles. The van der Waals surface area contributed by atoms with Gasteiger partial charge in [-0.2, -0.15) is 0 Å². The Kier molecular flexibility index (Phi) is 4.76. The molecule has 0 saturated heterocycles. The first kappa shape index (κ1) is 15.7. The minimum absolute atomic E-state index is 0.182. The Morgan fingerprint density at radius 2 is 1.90 bits per heavy atom. The summed E-state index contributed by atoms with van der Waals surface area (Å²) in [5.41, 5.74) is 8.54. The summed E-state index contributed by atoms with van der Waals surface area (Å²) in [6, 6.07) is 10.2. The van der Waals surface area contributed by atoms with Gasteiger partial charge in [0.2, 0.25) is 0 Å². The molecule has 0 aliphatic carbocycles. The summed E-state index contributed by atoms with van der Waals surface area (Å²) in [4.78, 5) is 12.3. The van der Waals surface area contributed by atoms with Crippen molar-refractivity contribution in [1.29, 1.82) is 0 Å². The molecule has 0 saturated carbocycles. The van der Waals surface area contributed by atoms with Gasteiger partial charge in [-0.15, -0.1) is 0 Å². The van der Waals surface area contributed by atoms with Crippen LogP contribution in [0.25, 0.3) is 0 Å². The molecule has 0 aromatic heterocycles. The molecule has 5 heteroatoms. The zero-order valence-corrected chi connectivity index (χ0v) is 13.3. The smallest absolute Gasteiger partial charge is 0.252 e. The third-order valence-corrected chi connectivity index (χ3v) is 3.85. The fourth-order valence-corrected chi connectivity index (χ4v) is 2.66. The minimum atomic E-state index is -0.233. The van der Waals surface area contributed by atoms with E-state index in [0.29, 0.717) is 21.3 Å². The zero-order chi connectivity index (χ0) is 15.6. The molecule has 2 aromatic rings. The largest absolute Gasteiger partial charge is 0.399 e. The molecule has 110 valence electrons. The molecule has 0 aliphatic heterocycles. The highest BCUT2D eigenvalue weighted by Gasteiger charge is 2.15. The van der Waals surface area contributed by atoms with Crippen molar-refractivity contribution in [2.75, 3.05) is 5.73 Å². The van der Waals surface area contributed by atoms with Gasteiger partial charge in [0.1, 0.15) is 0 Å². The number of hydrogen-bond acceptors (Lipinski definition) is 2. The summed E-state index contributed by atoms with van der Waals surface area (Å²) >= 11 is 12.0. The molecule has 1 unspecified atom stereocenters. The molecule has 3 N–H and O–H groups in total. The van der Waals surface area contributed by atoms with Crippen LogP contribution in [0.1, 0.15) is 34.5 Å². The maximum Gasteiger partial charge on any atom is 0.252 e. The molecule has 21 heavy (non-hydrogen) atoms. The highest BCUT2D eigenvalue weighted by Crippen LogP contribution is 2.26. The highest BCUT2D eigenvalue weighted by atomic mass is 35.5. The van der Waals surface area contributed by atoms with Gasteiger partial charge in [0.15, 0.2) is 0 Å². The van der Waals surface area contributed by atoms with Gasteiger partial charge in [0.25, 0.3) is 5.91 Å². The van der Waals surface area contributed by atoms with E-state index in [9.17, 15) is 4.79 Å². The van der Waals surface area contributed by atoms with Crippen LogP contribution in [0.4, 0.5) is 5.69 Å². The van der Waals surface area contributed by atoms with Crippen LogP contribution in [-0.4, -0.2) is 5.91 Å². The standard InChI is InChI=1S/C16H16Cl2N2O/c1-9-3-5-12(19)8-14(9)16(21)20-10(2)13-6-4-11(17)7-15(13)18/h3-8,10H,19H2,1-2H3,(H,20,21). The third-order valence-electron chi connectivity index (χ3n) is 3.28. The van der Waals surface area contributed by atoms with Crippen molar-refractivity contribution in [2.45, 2.75) is 19.9 Å². The molecule has 2 rings (SSSR count). The van der Waals surface area contributed by atoms with Crippen LogP contribution in [0.5, 0.6) is 0 Å². The molecule has 1 atom stereocenters. The topological polar surface area (TPSA) is 55.1 Å². The van der Waals surface area contributed by atoms with Gasteiger partial charge in [0.05, 0.1) is 6.04 Å². The number of nitrogens with one attached hydrogen (secondary N) is 1. The number of rotatable bonds is 3. The summed E-state index contributed by atoms with van der Waals surface area (Å²) < 4.78 is 0. The van der Waals surface area contributed by atoms with Gasteiger partial charge in [-0.1, -0.05) is 35.3 Å². The zero-order valence-electron chi connectivity index (χ0n) is 11.8. The van der Waals surface area contributed by atoms with E-state index in [1.54, 1.807) is 24.3 Å². The number of amides is 1. The maximum absolute atomic E-state index is 12.3. The van der Waals surface area contributed by atoms with Gasteiger partial charge in [-0.25, -0.2) is 0 Å². The van der Waals surface area contributed by atoms with Crippen LogP contribution in [0.2, 0.25) is 10.0 Å². The molecule has 0 heterocycles. The summed E-state index contributed by atoms with van der Waals surface area (Å²) in [5.74, 6) is -0.182. The molecule has 1 amide bonds. The number of carbonyl (C=O) groups is 1. The van der Waals surface area contributed by atoms with E-state index >= 15 is 0 Å². The predicted molar refractivity (Wildman–Crippen MR) is 87.9 cm³/mol. The van der Waals surface area contributed by atoms with Crippen molar-refractivity contribution in [2.24, 2.45) is 0 Å². The average Bonchev–Trinajstić information content (AvgIpc) is 2.41. The number of anilines is 1. The fraction of sp³-hybridized carbons (Fsp3) is 0.188. The van der Waals surface area contributed by atoms with Gasteiger partial charge in [0, 0.05) is 21.3 Å². The van der Waals surface area contributed by atoms with Gasteiger partial charge in [-0.3, -0.25) is 4.79 Å². The van der Waals surface area contributed by atoms with Crippen molar-refractivity contribution in [3.05, 3.63) is 63.1 Å². The summed E-state index contributed by atoms with van der Waals surface area (Å²) in [7, 11) is 0. The van der Waals surface area contributed by atoms with Crippen LogP contribution in [0.3, 0.4) is 0 Å². The Labute approximate surface area is 134 Å². The highest BCUT2D eigenvalue weighted by molar-refractivity contribution is 6.35. The van der Waals surface area contributed by atoms with E-state index in [2.05, 4.69) is 5.32 Å². The number of benzene rings is 2. The second-order valence-electron chi connectivity index (χ2n) is 4.94. The predicted octanol–water partition coefficient (Wildman–Crippen LogP) is 4.38. The Balaban J connectivity index is 2.20. The normalized spacial score (nSPS) is 12.0. The van der Waals surface area contributed by atoms with E-state index in [0.717, 1.165) is 11.1 Å². The Morgan fingerprint density at radius 3 is 2.57 bits per heavy atom. The average molecular weight is 323 g/mol. The lowest BCUT2D eigenvalue weighted by Gasteiger charge is -2.17. The van der Waals surface area contributed by atoms with E-state index in [-0.39, 0.29) is 11.9 Å².